The van der Waals surface area contributed by atoms with Crippen molar-refractivity contribution in [3.63, 3.8) is 0 Å². The van der Waals surface area contributed by atoms with Gasteiger partial charge in [-0.25, -0.2) is 17.6 Å². The molecule has 1 rings (SSSR count). The van der Waals surface area contributed by atoms with Crippen LogP contribution in [0.25, 0.3) is 0 Å². The summed E-state index contributed by atoms with van der Waals surface area (Å²) >= 11 is 2.97. The van der Waals surface area contributed by atoms with Crippen molar-refractivity contribution in [1.29, 1.82) is 0 Å². The second-order valence-corrected chi connectivity index (χ2v) is 4.94. The highest BCUT2D eigenvalue weighted by Gasteiger charge is 2.23. The molecule has 0 saturated carbocycles. The second kappa shape index (κ2) is 6.31. The molecule has 0 saturated heterocycles. The van der Waals surface area contributed by atoms with E-state index in [0.717, 1.165) is 0 Å². The largest absolute Gasteiger partial charge is 0.298 e. The lowest BCUT2D eigenvalue weighted by Crippen LogP contribution is -2.18. The first kappa shape index (κ1) is 15.1. The van der Waals surface area contributed by atoms with Gasteiger partial charge in [0.15, 0.2) is 23.3 Å². The summed E-state index contributed by atoms with van der Waals surface area (Å²) in [5.41, 5.74) is -0.751. The SMILES string of the molecule is CCCC(=O)C(Br)Cc1c(F)c(F)cc(F)c1F. The number of carbonyl (C=O) groups excluding carboxylic acids is 1. The summed E-state index contributed by atoms with van der Waals surface area (Å²) in [5, 5.41) is 0. The van der Waals surface area contributed by atoms with Crippen molar-refractivity contribution in [3.05, 3.63) is 34.9 Å². The molecule has 1 atom stereocenters. The Morgan fingerprint density at radius 2 is 1.72 bits per heavy atom. The Bertz CT molecular complexity index is 436. The van der Waals surface area contributed by atoms with Crippen LogP contribution in [-0.2, 0) is 11.2 Å². The molecule has 0 fully saturated rings. The van der Waals surface area contributed by atoms with Gasteiger partial charge in [0.25, 0.3) is 0 Å². The number of ketones is 1. The first-order valence-electron chi connectivity index (χ1n) is 5.37. The van der Waals surface area contributed by atoms with E-state index in [1.165, 1.54) is 0 Å². The second-order valence-electron chi connectivity index (χ2n) is 3.83. The van der Waals surface area contributed by atoms with Gasteiger partial charge in [-0.1, -0.05) is 22.9 Å². The zero-order valence-corrected chi connectivity index (χ0v) is 11.2. The molecule has 100 valence electrons. The molecule has 0 heterocycles. The van der Waals surface area contributed by atoms with Crippen LogP contribution in [0.1, 0.15) is 25.3 Å². The molecule has 0 bridgehead atoms. The minimum atomic E-state index is -1.47. The standard InChI is InChI=1S/C12H11BrF4O/c1-2-3-10(18)7(13)4-6-11(16)8(14)5-9(15)12(6)17/h5,7H,2-4H2,1H3. The molecule has 1 nitrogen and oxygen atoms in total. The van der Waals surface area contributed by atoms with Crippen molar-refractivity contribution in [2.24, 2.45) is 0 Å². The molecule has 0 aliphatic rings. The summed E-state index contributed by atoms with van der Waals surface area (Å²) in [7, 11) is 0. The smallest absolute Gasteiger partial charge is 0.165 e. The van der Waals surface area contributed by atoms with Crippen molar-refractivity contribution in [3.8, 4) is 0 Å². The van der Waals surface area contributed by atoms with E-state index in [-0.39, 0.29) is 18.3 Å². The van der Waals surface area contributed by atoms with Gasteiger partial charge >= 0.3 is 0 Å². The van der Waals surface area contributed by atoms with Crippen LogP contribution >= 0.6 is 15.9 Å². The molecular weight excluding hydrogens is 316 g/mol. The quantitative estimate of drug-likeness (QED) is 0.455. The fourth-order valence-corrected chi connectivity index (χ4v) is 2.05. The Morgan fingerprint density at radius 1 is 1.22 bits per heavy atom. The van der Waals surface area contributed by atoms with Crippen molar-refractivity contribution in [2.45, 2.75) is 31.0 Å². The maximum atomic E-state index is 13.3. The zero-order valence-electron chi connectivity index (χ0n) is 9.57. The van der Waals surface area contributed by atoms with Crippen LogP contribution in [0.4, 0.5) is 17.6 Å². The van der Waals surface area contributed by atoms with Crippen molar-refractivity contribution >= 4 is 21.7 Å². The highest BCUT2D eigenvalue weighted by molar-refractivity contribution is 9.10. The number of carbonyl (C=O) groups is 1. The molecule has 0 amide bonds. The van der Waals surface area contributed by atoms with E-state index in [0.29, 0.717) is 6.42 Å². The van der Waals surface area contributed by atoms with Gasteiger partial charge in [0.05, 0.1) is 4.83 Å². The lowest BCUT2D eigenvalue weighted by Gasteiger charge is -2.11. The van der Waals surface area contributed by atoms with E-state index in [9.17, 15) is 22.4 Å². The lowest BCUT2D eigenvalue weighted by atomic mass is 10.0. The third kappa shape index (κ3) is 3.31. The first-order valence-corrected chi connectivity index (χ1v) is 6.28. The fourth-order valence-electron chi connectivity index (χ4n) is 1.50. The van der Waals surface area contributed by atoms with Crippen LogP contribution in [0.3, 0.4) is 0 Å². The van der Waals surface area contributed by atoms with Crippen molar-refractivity contribution in [1.82, 2.24) is 0 Å². The van der Waals surface area contributed by atoms with E-state index in [1.54, 1.807) is 6.92 Å². The van der Waals surface area contributed by atoms with Gasteiger partial charge in [0.2, 0.25) is 0 Å². The van der Waals surface area contributed by atoms with E-state index >= 15 is 0 Å². The Morgan fingerprint density at radius 3 is 2.17 bits per heavy atom. The third-order valence-electron chi connectivity index (χ3n) is 2.43. The van der Waals surface area contributed by atoms with Crippen LogP contribution in [0.5, 0.6) is 0 Å². The Kier molecular flexibility index (Phi) is 5.31. The van der Waals surface area contributed by atoms with E-state index in [1.807, 2.05) is 0 Å². The van der Waals surface area contributed by atoms with Gasteiger partial charge in [-0.2, -0.15) is 0 Å². The molecule has 0 aliphatic heterocycles. The average Bonchev–Trinajstić information content (AvgIpc) is 2.32. The highest BCUT2D eigenvalue weighted by atomic mass is 79.9. The van der Waals surface area contributed by atoms with Gasteiger partial charge in [-0.05, 0) is 12.8 Å². The molecule has 6 heteroatoms. The third-order valence-corrected chi connectivity index (χ3v) is 3.27. The number of hydrogen-bond acceptors (Lipinski definition) is 1. The Balaban J connectivity index is 3.00. The fraction of sp³-hybridized carbons (Fsp3) is 0.417. The van der Waals surface area contributed by atoms with Crippen LogP contribution < -0.4 is 0 Å². The van der Waals surface area contributed by atoms with Crippen molar-refractivity contribution < 1.29 is 22.4 Å². The summed E-state index contributed by atoms with van der Waals surface area (Å²) in [6.45, 7) is 1.78. The molecule has 0 radical (unpaired) electrons. The van der Waals surface area contributed by atoms with Crippen LogP contribution in [0, 0.1) is 23.3 Å². The lowest BCUT2D eigenvalue weighted by molar-refractivity contribution is -0.118. The zero-order chi connectivity index (χ0) is 13.9. The topological polar surface area (TPSA) is 17.1 Å². The summed E-state index contributed by atoms with van der Waals surface area (Å²) < 4.78 is 52.6. The van der Waals surface area contributed by atoms with E-state index in [4.69, 9.17) is 0 Å². The van der Waals surface area contributed by atoms with Gasteiger partial charge in [-0.15, -0.1) is 0 Å². The summed E-state index contributed by atoms with van der Waals surface area (Å²) in [6, 6.07) is 0.144. The monoisotopic (exact) mass is 326 g/mol. The maximum Gasteiger partial charge on any atom is 0.165 e. The molecule has 18 heavy (non-hydrogen) atoms. The molecular formula is C12H11BrF4O. The Labute approximate surface area is 110 Å². The summed E-state index contributed by atoms with van der Waals surface area (Å²) in [5.74, 6) is -6.11. The van der Waals surface area contributed by atoms with Gasteiger partial charge in [0, 0.05) is 18.1 Å². The first-order chi connectivity index (χ1) is 8.38. The number of rotatable bonds is 5. The van der Waals surface area contributed by atoms with Gasteiger partial charge < -0.3 is 0 Å². The van der Waals surface area contributed by atoms with Gasteiger partial charge in [-0.3, -0.25) is 4.79 Å². The number of hydrogen-bond donors (Lipinski definition) is 0. The molecule has 0 aliphatic carbocycles. The predicted octanol–water partition coefficient (Wildman–Crippen LogP) is 3.92. The van der Waals surface area contributed by atoms with E-state index in [2.05, 4.69) is 15.9 Å². The minimum Gasteiger partial charge on any atom is -0.298 e. The molecule has 0 aromatic heterocycles. The number of alkyl halides is 1. The molecule has 0 spiro atoms. The minimum absolute atomic E-state index is 0.144. The summed E-state index contributed by atoms with van der Waals surface area (Å²) in [4.78, 5) is 10.6. The average molecular weight is 327 g/mol. The van der Waals surface area contributed by atoms with Crippen LogP contribution in [0.15, 0.2) is 6.07 Å². The number of benzene rings is 1. The van der Waals surface area contributed by atoms with E-state index < -0.39 is 40.1 Å². The van der Waals surface area contributed by atoms with Crippen LogP contribution in [0.2, 0.25) is 0 Å². The maximum absolute atomic E-state index is 13.3. The summed E-state index contributed by atoms with van der Waals surface area (Å²) in [6.07, 6.45) is 0.394. The van der Waals surface area contributed by atoms with Gasteiger partial charge in [0.1, 0.15) is 5.78 Å². The van der Waals surface area contributed by atoms with Crippen molar-refractivity contribution in [2.75, 3.05) is 0 Å². The predicted molar refractivity (Wildman–Crippen MR) is 62.6 cm³/mol. The van der Waals surface area contributed by atoms with Crippen LogP contribution in [-0.4, -0.2) is 10.6 Å². The Hall–Kier alpha value is -0.910. The number of halogens is 5. The molecule has 1 unspecified atom stereocenters. The molecule has 1 aromatic carbocycles. The number of Topliss-reactive ketones (excluding diaryl/α,β-unsaturated/α-hetero) is 1. The normalized spacial score (nSPS) is 12.6. The highest BCUT2D eigenvalue weighted by Crippen LogP contribution is 2.23. The molecule has 1 aromatic rings. The molecule has 0 N–H and O–H groups in total.